The quantitative estimate of drug-likeness (QED) is 0.264. The third kappa shape index (κ3) is 9.58. The van der Waals surface area contributed by atoms with E-state index in [0.717, 1.165) is 17.5 Å². The van der Waals surface area contributed by atoms with Gasteiger partial charge in [-0.1, -0.05) is 40.2 Å². The number of likely N-dealkylation sites (tertiary alicyclic amines) is 1. The van der Waals surface area contributed by atoms with Gasteiger partial charge in [-0.25, -0.2) is 13.2 Å². The van der Waals surface area contributed by atoms with E-state index in [2.05, 4.69) is 15.9 Å². The molecule has 0 spiro atoms. The Labute approximate surface area is 264 Å². The van der Waals surface area contributed by atoms with Crippen LogP contribution in [0.5, 0.6) is 5.75 Å². The lowest BCUT2D eigenvalue weighted by Crippen LogP contribution is -2.57. The fourth-order valence-electron chi connectivity index (χ4n) is 4.36. The van der Waals surface area contributed by atoms with E-state index in [1.54, 1.807) is 24.3 Å². The Morgan fingerprint density at radius 2 is 1.51 bits per heavy atom. The van der Waals surface area contributed by atoms with Gasteiger partial charge in [0, 0.05) is 29.2 Å². The molecule has 3 aromatic carbocycles. The number of halogens is 6. The summed E-state index contributed by atoms with van der Waals surface area (Å²) in [6.07, 6.45) is -4.22. The summed E-state index contributed by atoms with van der Waals surface area (Å²) in [5.41, 5.74) is 5.43. The van der Waals surface area contributed by atoms with Gasteiger partial charge in [-0.3, -0.25) is 4.79 Å². The van der Waals surface area contributed by atoms with Crippen LogP contribution in [-0.4, -0.2) is 67.8 Å². The Bertz CT molecular complexity index is 1610. The minimum atomic E-state index is -5.08. The number of carbonyl (C=O) groups is 2. The van der Waals surface area contributed by atoms with Crippen molar-refractivity contribution in [3.63, 3.8) is 0 Å². The third-order valence-electron chi connectivity index (χ3n) is 6.67. The summed E-state index contributed by atoms with van der Waals surface area (Å²) < 4.78 is 98.5. The minimum Gasteiger partial charge on any atom is -0.491 e. The molecule has 3 aromatic rings. The lowest BCUT2D eigenvalue weighted by Gasteiger charge is -2.35. The maximum atomic E-state index is 15.9. The molecule has 0 aromatic heterocycles. The molecule has 1 amide bonds. The summed E-state index contributed by atoms with van der Waals surface area (Å²) >= 11 is 3.21. The molecule has 246 valence electrons. The van der Waals surface area contributed by atoms with Crippen molar-refractivity contribution in [3.8, 4) is 5.75 Å². The topological polar surface area (TPSA) is 139 Å². The number of benzene rings is 3. The van der Waals surface area contributed by atoms with Gasteiger partial charge in [0.2, 0.25) is 15.9 Å². The Morgan fingerprint density at radius 3 is 2.04 bits per heavy atom. The number of amides is 1. The highest BCUT2D eigenvalue weighted by Gasteiger charge is 2.50. The van der Waals surface area contributed by atoms with Gasteiger partial charge in [0.15, 0.2) is 6.04 Å². The number of nitrogens with two attached hydrogens (primary N) is 1. The third-order valence-corrected chi connectivity index (χ3v) is 8.62. The molecule has 0 aliphatic carbocycles. The Hall–Kier alpha value is -3.34. The molecule has 1 heterocycles. The van der Waals surface area contributed by atoms with Crippen molar-refractivity contribution in [2.75, 3.05) is 13.1 Å². The van der Waals surface area contributed by atoms with Crippen molar-refractivity contribution >= 4 is 48.6 Å². The van der Waals surface area contributed by atoms with Crippen LogP contribution in [0.2, 0.25) is 0 Å². The second-order valence-electron chi connectivity index (χ2n) is 10.5. The van der Waals surface area contributed by atoms with Crippen LogP contribution >= 0.6 is 15.9 Å². The number of carbonyl (C=O) groups excluding carboxylic acids is 1. The van der Waals surface area contributed by atoms with E-state index in [-0.39, 0.29) is 30.1 Å². The minimum absolute atomic E-state index is 0.0335. The number of piperidine rings is 1. The molecule has 45 heavy (non-hydrogen) atoms. The molecule has 0 saturated carbocycles. The first-order valence-corrected chi connectivity index (χ1v) is 15.8. The fourth-order valence-corrected chi connectivity index (χ4v) is 5.85. The smallest absolute Gasteiger partial charge is 0.490 e. The summed E-state index contributed by atoms with van der Waals surface area (Å²) in [4.78, 5) is 23.3. The Kier molecular flexibility index (Phi) is 11.6. The first kappa shape index (κ1) is 36.1. The number of alkyl halides is 5. The molecule has 0 radical (unpaired) electrons. The molecule has 1 aliphatic heterocycles. The number of ether oxygens (including phenoxy) is 1. The van der Waals surface area contributed by atoms with E-state index in [0.29, 0.717) is 28.5 Å². The van der Waals surface area contributed by atoms with Crippen LogP contribution in [0.1, 0.15) is 32.3 Å². The number of nitrogens with one attached hydrogen (secondary N) is 1. The molecule has 4 N–H and O–H groups in total. The zero-order valence-corrected chi connectivity index (χ0v) is 26.4. The van der Waals surface area contributed by atoms with E-state index >= 15 is 8.78 Å². The van der Waals surface area contributed by atoms with Crippen LogP contribution in [0.4, 0.5) is 22.0 Å². The number of hydrogen-bond donors (Lipinski definition) is 3. The van der Waals surface area contributed by atoms with Crippen LogP contribution in [0, 0.1) is 0 Å². The van der Waals surface area contributed by atoms with Crippen LogP contribution in [0.25, 0.3) is 10.8 Å². The van der Waals surface area contributed by atoms with Crippen molar-refractivity contribution < 1.29 is 49.8 Å². The van der Waals surface area contributed by atoms with Gasteiger partial charge in [-0.2, -0.15) is 26.7 Å². The molecule has 0 bridgehead atoms. The summed E-state index contributed by atoms with van der Waals surface area (Å²) in [5, 5.41) is 8.43. The molecule has 4 rings (SSSR count). The fraction of sp³-hybridized carbons (Fsp3) is 0.379. The van der Waals surface area contributed by atoms with Gasteiger partial charge in [0.05, 0.1) is 11.0 Å². The predicted octanol–water partition coefficient (Wildman–Crippen LogP) is 5.41. The first-order valence-electron chi connectivity index (χ1n) is 13.5. The molecular formula is C29H31BrF5N3O6S. The van der Waals surface area contributed by atoms with Gasteiger partial charge in [-0.15, -0.1) is 0 Å². The first-order chi connectivity index (χ1) is 20.8. The summed E-state index contributed by atoms with van der Waals surface area (Å²) in [6, 6.07) is 12.1. The zero-order chi connectivity index (χ0) is 33.7. The number of carboxylic acid groups (broad SMARTS) is 1. The summed E-state index contributed by atoms with van der Waals surface area (Å²) in [7, 11) is -4.52. The number of sulfonamides is 1. The molecule has 1 aliphatic rings. The van der Waals surface area contributed by atoms with E-state index in [1.165, 1.54) is 29.2 Å². The van der Waals surface area contributed by atoms with Gasteiger partial charge >= 0.3 is 12.1 Å². The monoisotopic (exact) mass is 723 g/mol. The van der Waals surface area contributed by atoms with Gasteiger partial charge in [0.25, 0.3) is 5.92 Å². The maximum absolute atomic E-state index is 15.9. The molecule has 1 saturated heterocycles. The SMILES string of the molecule is CC(C)Oc1ccc2cc(S(=O)(=O)N[C@H](C(=O)N3CCC(N)CC3)C(F)(F)c3ccc(Br)cc3)ccc2c1.O=C(O)C(F)(F)F. The Balaban J connectivity index is 0.000000707. The van der Waals surface area contributed by atoms with Crippen molar-refractivity contribution in [1.29, 1.82) is 0 Å². The number of nitrogens with zero attached hydrogens (tertiary/aromatic N) is 1. The Morgan fingerprint density at radius 1 is 0.978 bits per heavy atom. The van der Waals surface area contributed by atoms with Crippen LogP contribution < -0.4 is 15.2 Å². The van der Waals surface area contributed by atoms with Crippen LogP contribution in [0.15, 0.2) is 70.0 Å². The molecule has 16 heteroatoms. The molecule has 1 atom stereocenters. The number of fused-ring (bicyclic) bond motifs is 1. The second kappa shape index (κ2) is 14.4. The highest BCUT2D eigenvalue weighted by Crippen LogP contribution is 2.35. The van der Waals surface area contributed by atoms with E-state index in [1.807, 2.05) is 18.6 Å². The largest absolute Gasteiger partial charge is 0.491 e. The maximum Gasteiger partial charge on any atom is 0.490 e. The lowest BCUT2D eigenvalue weighted by atomic mass is 9.99. The van der Waals surface area contributed by atoms with Crippen molar-refractivity contribution in [2.45, 2.75) is 61.9 Å². The normalized spacial score (nSPS) is 15.4. The lowest BCUT2D eigenvalue weighted by molar-refractivity contribution is -0.192. The predicted molar refractivity (Wildman–Crippen MR) is 159 cm³/mol. The van der Waals surface area contributed by atoms with E-state index in [4.69, 9.17) is 20.4 Å². The van der Waals surface area contributed by atoms with Crippen LogP contribution in [0.3, 0.4) is 0 Å². The number of hydrogen-bond acceptors (Lipinski definition) is 6. The van der Waals surface area contributed by atoms with E-state index < -0.39 is 45.6 Å². The number of rotatable bonds is 8. The second-order valence-corrected chi connectivity index (χ2v) is 13.1. The zero-order valence-electron chi connectivity index (χ0n) is 24.0. The molecular weight excluding hydrogens is 693 g/mol. The molecule has 0 unspecified atom stereocenters. The number of carboxylic acids is 1. The molecule has 1 fully saturated rings. The highest BCUT2D eigenvalue weighted by atomic mass is 79.9. The van der Waals surface area contributed by atoms with Crippen molar-refractivity contribution in [1.82, 2.24) is 9.62 Å². The average Bonchev–Trinajstić information content (AvgIpc) is 2.95. The van der Waals surface area contributed by atoms with Gasteiger partial charge in [-0.05, 0) is 73.9 Å². The average molecular weight is 725 g/mol. The van der Waals surface area contributed by atoms with Crippen molar-refractivity contribution in [3.05, 3.63) is 70.7 Å². The van der Waals surface area contributed by atoms with Gasteiger partial charge in [0.1, 0.15) is 5.75 Å². The van der Waals surface area contributed by atoms with Crippen molar-refractivity contribution in [2.24, 2.45) is 5.73 Å². The summed E-state index contributed by atoms with van der Waals surface area (Å²) in [6.45, 7) is 4.13. The number of aliphatic carboxylic acids is 1. The highest BCUT2D eigenvalue weighted by molar-refractivity contribution is 9.10. The van der Waals surface area contributed by atoms with E-state index in [9.17, 15) is 26.4 Å². The molecule has 9 nitrogen and oxygen atoms in total. The van der Waals surface area contributed by atoms with Crippen LogP contribution in [-0.2, 0) is 25.5 Å². The standard InChI is InChI=1S/C27H30BrF2N3O4S.C2HF3O2/c1-17(2)37-23-9-3-19-16-24(10-4-18(19)15-23)38(35,36)32-25(26(34)33-13-11-22(31)12-14-33)27(29,30)20-5-7-21(28)8-6-20;3-2(4,5)1(6)7/h3-10,15-17,22,25,32H,11-14,31H2,1-2H3;(H,6,7)/t25-;/m1./s1. The summed E-state index contributed by atoms with van der Waals surface area (Å²) in [5.74, 6) is -6.95. The van der Waals surface area contributed by atoms with Gasteiger partial charge < -0.3 is 20.5 Å².